The van der Waals surface area contributed by atoms with E-state index in [9.17, 15) is 9.90 Å². The topological polar surface area (TPSA) is 97.0 Å². The number of imidazole rings is 1. The second-order valence-electron chi connectivity index (χ2n) is 4.27. The van der Waals surface area contributed by atoms with Gasteiger partial charge in [-0.2, -0.15) is 0 Å². The maximum Gasteiger partial charge on any atom is 0.356 e. The normalized spacial score (nSPS) is 10.7. The molecule has 0 saturated heterocycles. The summed E-state index contributed by atoms with van der Waals surface area (Å²) in [5, 5.41) is 19.0. The van der Waals surface area contributed by atoms with E-state index in [-0.39, 0.29) is 23.6 Å². The number of hydrogen-bond acceptors (Lipinski definition) is 5. The van der Waals surface area contributed by atoms with E-state index < -0.39 is 5.97 Å². The highest BCUT2D eigenvalue weighted by molar-refractivity contribution is 5.95. The molecule has 7 nitrogen and oxygen atoms in total. The Labute approximate surface area is 119 Å². The summed E-state index contributed by atoms with van der Waals surface area (Å²) >= 11 is 0. The first-order chi connectivity index (χ1) is 10.2. The smallest absolute Gasteiger partial charge is 0.356 e. The van der Waals surface area contributed by atoms with E-state index in [1.807, 2.05) is 0 Å². The number of pyridine rings is 2. The zero-order valence-electron chi connectivity index (χ0n) is 10.8. The fourth-order valence-electron chi connectivity index (χ4n) is 2.01. The number of aromatic hydroxyl groups is 1. The molecule has 3 aromatic rings. The number of carbonyl (C=O) groups is 1. The number of ether oxygens (including phenoxy) is 1. The van der Waals surface area contributed by atoms with Crippen LogP contribution in [-0.4, -0.2) is 30.6 Å². The molecule has 7 heteroatoms. The third-order valence-corrected chi connectivity index (χ3v) is 2.92. The van der Waals surface area contributed by atoms with Crippen molar-refractivity contribution in [1.29, 1.82) is 0 Å². The van der Waals surface area contributed by atoms with Crippen molar-refractivity contribution in [3.63, 3.8) is 0 Å². The molecule has 0 aromatic carbocycles. The average Bonchev–Trinajstić information content (AvgIpc) is 2.87. The van der Waals surface area contributed by atoms with Gasteiger partial charge in [-0.3, -0.25) is 9.38 Å². The molecule has 3 aromatic heterocycles. The number of carboxylic acid groups (broad SMARTS) is 1. The van der Waals surface area contributed by atoms with Crippen LogP contribution in [0.2, 0.25) is 0 Å². The van der Waals surface area contributed by atoms with Gasteiger partial charge in [0.25, 0.3) is 0 Å². The summed E-state index contributed by atoms with van der Waals surface area (Å²) in [6.45, 7) is 0.0591. The van der Waals surface area contributed by atoms with E-state index in [2.05, 4.69) is 9.97 Å². The van der Waals surface area contributed by atoms with Gasteiger partial charge in [0.2, 0.25) is 0 Å². The zero-order valence-corrected chi connectivity index (χ0v) is 10.8. The summed E-state index contributed by atoms with van der Waals surface area (Å²) in [5.74, 6) is -0.426. The van der Waals surface area contributed by atoms with Crippen LogP contribution >= 0.6 is 0 Å². The van der Waals surface area contributed by atoms with Gasteiger partial charge in [-0.1, -0.05) is 0 Å². The molecule has 0 aliphatic carbocycles. The van der Waals surface area contributed by atoms with Crippen molar-refractivity contribution < 1.29 is 19.7 Å². The number of rotatable bonds is 4. The van der Waals surface area contributed by atoms with Crippen LogP contribution in [0, 0.1) is 0 Å². The third kappa shape index (κ3) is 2.36. The van der Waals surface area contributed by atoms with Gasteiger partial charge in [-0.25, -0.2) is 9.78 Å². The molecule has 0 fully saturated rings. The summed E-state index contributed by atoms with van der Waals surface area (Å²) < 4.78 is 7.01. The lowest BCUT2D eigenvalue weighted by Crippen LogP contribution is -2.01. The first-order valence-electron chi connectivity index (χ1n) is 6.12. The van der Waals surface area contributed by atoms with E-state index in [1.54, 1.807) is 36.8 Å². The first kappa shape index (κ1) is 12.9. The fraction of sp³-hybridized carbons (Fsp3) is 0.0714. The minimum atomic E-state index is -1.21. The van der Waals surface area contributed by atoms with Gasteiger partial charge in [-0.05, 0) is 24.3 Å². The van der Waals surface area contributed by atoms with Crippen LogP contribution in [0.5, 0.6) is 11.5 Å². The van der Waals surface area contributed by atoms with Crippen LogP contribution in [0.1, 0.15) is 16.3 Å². The van der Waals surface area contributed by atoms with Gasteiger partial charge in [-0.15, -0.1) is 0 Å². The van der Waals surface area contributed by atoms with Gasteiger partial charge < -0.3 is 14.9 Å². The predicted molar refractivity (Wildman–Crippen MR) is 72.4 cm³/mol. The Morgan fingerprint density at radius 2 is 2.19 bits per heavy atom. The van der Waals surface area contributed by atoms with E-state index in [1.165, 1.54) is 10.5 Å². The Hall–Kier alpha value is -3.09. The Bertz CT molecular complexity index is 799. The van der Waals surface area contributed by atoms with Crippen LogP contribution < -0.4 is 4.74 Å². The summed E-state index contributed by atoms with van der Waals surface area (Å²) in [6, 6.07) is 6.48. The molecule has 0 aliphatic heterocycles. The van der Waals surface area contributed by atoms with Crippen LogP contribution in [0.4, 0.5) is 0 Å². The molecule has 0 spiro atoms. The van der Waals surface area contributed by atoms with Crippen molar-refractivity contribution in [2.45, 2.75) is 6.61 Å². The highest BCUT2D eigenvalue weighted by atomic mass is 16.5. The summed E-state index contributed by atoms with van der Waals surface area (Å²) in [5.41, 5.74) is -0.0623. The highest BCUT2D eigenvalue weighted by Crippen LogP contribution is 2.24. The number of fused-ring (bicyclic) bond motifs is 1. The van der Waals surface area contributed by atoms with Crippen molar-refractivity contribution in [3.8, 4) is 11.5 Å². The quantitative estimate of drug-likeness (QED) is 0.757. The standard InChI is InChI=1S/C14H11N3O4/c18-10-4-2-6-17-11(16-12(13(10)17)14(19)20)8-21-9-3-1-5-15-7-9/h1-7,18H,8H2,(H,19,20). The number of nitrogens with zero attached hydrogens (tertiary/aromatic N) is 3. The Morgan fingerprint density at radius 3 is 2.90 bits per heavy atom. The lowest BCUT2D eigenvalue weighted by atomic mass is 10.3. The molecule has 0 saturated carbocycles. The van der Waals surface area contributed by atoms with Gasteiger partial charge in [0, 0.05) is 12.4 Å². The molecule has 0 amide bonds. The monoisotopic (exact) mass is 285 g/mol. The molecule has 21 heavy (non-hydrogen) atoms. The zero-order chi connectivity index (χ0) is 14.8. The molecule has 0 aliphatic rings. The largest absolute Gasteiger partial charge is 0.506 e. The molecular formula is C14H11N3O4. The molecule has 0 radical (unpaired) electrons. The SMILES string of the molecule is O=C(O)c1nc(COc2cccnc2)n2cccc(O)c12. The minimum Gasteiger partial charge on any atom is -0.506 e. The number of aromatic nitrogens is 3. The Balaban J connectivity index is 1.99. The maximum absolute atomic E-state index is 11.2. The lowest BCUT2D eigenvalue weighted by molar-refractivity contribution is 0.0692. The van der Waals surface area contributed by atoms with Gasteiger partial charge in [0.15, 0.2) is 11.5 Å². The van der Waals surface area contributed by atoms with Crippen molar-refractivity contribution in [3.05, 3.63) is 54.4 Å². The maximum atomic E-state index is 11.2. The first-order valence-corrected chi connectivity index (χ1v) is 6.12. The van der Waals surface area contributed by atoms with Crippen molar-refractivity contribution in [1.82, 2.24) is 14.4 Å². The Kier molecular flexibility index (Phi) is 3.15. The molecule has 0 atom stereocenters. The van der Waals surface area contributed by atoms with Gasteiger partial charge in [0.1, 0.15) is 23.6 Å². The molecule has 3 rings (SSSR count). The molecule has 0 bridgehead atoms. The van der Waals surface area contributed by atoms with Gasteiger partial charge in [0.05, 0.1) is 6.20 Å². The van der Waals surface area contributed by atoms with Crippen LogP contribution in [0.15, 0.2) is 42.9 Å². The second-order valence-corrected chi connectivity index (χ2v) is 4.27. The van der Waals surface area contributed by atoms with Crippen molar-refractivity contribution >= 4 is 11.5 Å². The summed E-state index contributed by atoms with van der Waals surface area (Å²) in [6.07, 6.45) is 4.79. The van der Waals surface area contributed by atoms with Crippen LogP contribution in [-0.2, 0) is 6.61 Å². The minimum absolute atomic E-state index is 0.0591. The van der Waals surface area contributed by atoms with Crippen LogP contribution in [0.25, 0.3) is 5.52 Å². The second kappa shape index (κ2) is 5.12. The van der Waals surface area contributed by atoms with Crippen LogP contribution in [0.3, 0.4) is 0 Å². The molecule has 3 heterocycles. The van der Waals surface area contributed by atoms with Crippen molar-refractivity contribution in [2.75, 3.05) is 0 Å². The molecular weight excluding hydrogens is 274 g/mol. The third-order valence-electron chi connectivity index (χ3n) is 2.92. The van der Waals surface area contributed by atoms with E-state index >= 15 is 0 Å². The predicted octanol–water partition coefficient (Wildman–Crippen LogP) is 1.71. The van der Waals surface area contributed by atoms with E-state index in [0.29, 0.717) is 11.6 Å². The Morgan fingerprint density at radius 1 is 1.33 bits per heavy atom. The van der Waals surface area contributed by atoms with E-state index in [4.69, 9.17) is 9.84 Å². The van der Waals surface area contributed by atoms with Gasteiger partial charge >= 0.3 is 5.97 Å². The number of hydrogen-bond donors (Lipinski definition) is 2. The molecule has 106 valence electrons. The number of aromatic carboxylic acids is 1. The van der Waals surface area contributed by atoms with Crippen molar-refractivity contribution in [2.24, 2.45) is 0 Å². The average molecular weight is 285 g/mol. The molecule has 2 N–H and O–H groups in total. The lowest BCUT2D eigenvalue weighted by Gasteiger charge is -2.05. The van der Waals surface area contributed by atoms with E-state index in [0.717, 1.165) is 0 Å². The molecule has 0 unspecified atom stereocenters. The summed E-state index contributed by atoms with van der Waals surface area (Å²) in [4.78, 5) is 19.2. The fourth-order valence-corrected chi connectivity index (χ4v) is 2.01. The highest BCUT2D eigenvalue weighted by Gasteiger charge is 2.19. The summed E-state index contributed by atoms with van der Waals surface area (Å²) in [7, 11) is 0. The number of carboxylic acids is 1.